The van der Waals surface area contributed by atoms with Crippen molar-refractivity contribution in [1.29, 1.82) is 0 Å². The lowest BCUT2D eigenvalue weighted by Gasteiger charge is -2.22. The molecule has 1 atom stereocenters. The van der Waals surface area contributed by atoms with E-state index in [9.17, 15) is 8.42 Å². The smallest absolute Gasteiger partial charge is 0.241 e. The first-order valence-electron chi connectivity index (χ1n) is 5.56. The first-order chi connectivity index (χ1) is 8.08. The lowest BCUT2D eigenvalue weighted by atomic mass is 10.2. The highest BCUT2D eigenvalue weighted by atomic mass is 32.2. The summed E-state index contributed by atoms with van der Waals surface area (Å²) >= 11 is 0. The maximum atomic E-state index is 11.9. The first-order valence-corrected chi connectivity index (χ1v) is 7.11. The summed E-state index contributed by atoms with van der Waals surface area (Å²) in [6, 6.07) is 0. The number of rotatable bonds is 4. The van der Waals surface area contributed by atoms with Crippen LogP contribution in [-0.2, 0) is 16.6 Å². The Kier molecular flexibility index (Phi) is 3.75. The summed E-state index contributed by atoms with van der Waals surface area (Å²) in [5.74, 6) is 0.786. The van der Waals surface area contributed by atoms with Crippen molar-refractivity contribution in [1.82, 2.24) is 20.2 Å². The molecule has 2 heterocycles. The predicted octanol–water partition coefficient (Wildman–Crippen LogP) is -0.451. The van der Waals surface area contributed by atoms with E-state index in [2.05, 4.69) is 20.2 Å². The monoisotopic (exact) mass is 260 g/mol. The number of aromatic nitrogens is 2. The largest absolute Gasteiger partial charge is 0.338 e. The van der Waals surface area contributed by atoms with Crippen molar-refractivity contribution in [3.8, 4) is 0 Å². The second-order valence-corrected chi connectivity index (χ2v) is 6.12. The van der Waals surface area contributed by atoms with Gasteiger partial charge in [0, 0.05) is 6.54 Å². The molecule has 17 heavy (non-hydrogen) atoms. The van der Waals surface area contributed by atoms with Crippen LogP contribution >= 0.6 is 0 Å². The van der Waals surface area contributed by atoms with Crippen LogP contribution in [0.3, 0.4) is 0 Å². The number of aryl methyl sites for hydroxylation is 1. The highest BCUT2D eigenvalue weighted by molar-refractivity contribution is 7.90. The summed E-state index contributed by atoms with van der Waals surface area (Å²) in [5.41, 5.74) is 0. The molecule has 1 saturated heterocycles. The molecule has 1 unspecified atom stereocenters. The normalized spacial score (nSPS) is 21.6. The van der Waals surface area contributed by atoms with E-state index >= 15 is 0 Å². The van der Waals surface area contributed by atoms with Gasteiger partial charge in [0.2, 0.25) is 15.9 Å². The fourth-order valence-corrected chi connectivity index (χ4v) is 3.15. The zero-order valence-corrected chi connectivity index (χ0v) is 10.5. The SMILES string of the molecule is Cc1noc(CNS(=O)(=O)C2CCCNC2)n1. The number of hydrogen-bond acceptors (Lipinski definition) is 6. The standard InChI is InChI=1S/C9H16N4O3S/c1-7-12-9(16-13-7)6-11-17(14,15)8-3-2-4-10-5-8/h8,10-11H,2-6H2,1H3. The number of nitrogens with one attached hydrogen (secondary N) is 2. The van der Waals surface area contributed by atoms with E-state index in [4.69, 9.17) is 4.52 Å². The molecule has 1 aromatic heterocycles. The summed E-state index contributed by atoms with van der Waals surface area (Å²) in [4.78, 5) is 3.94. The summed E-state index contributed by atoms with van der Waals surface area (Å²) in [5, 5.41) is 6.29. The second-order valence-electron chi connectivity index (χ2n) is 4.07. The van der Waals surface area contributed by atoms with Crippen LogP contribution in [0, 0.1) is 6.92 Å². The van der Waals surface area contributed by atoms with Gasteiger partial charge in [0.05, 0.1) is 11.8 Å². The molecule has 0 amide bonds. The molecule has 0 radical (unpaired) electrons. The summed E-state index contributed by atoms with van der Waals surface area (Å²) < 4.78 is 31.2. The Morgan fingerprint density at radius 1 is 1.59 bits per heavy atom. The quantitative estimate of drug-likeness (QED) is 0.761. The average molecular weight is 260 g/mol. The van der Waals surface area contributed by atoms with Crippen molar-refractivity contribution in [2.45, 2.75) is 31.6 Å². The number of hydrogen-bond donors (Lipinski definition) is 2. The van der Waals surface area contributed by atoms with Crippen LogP contribution in [0.4, 0.5) is 0 Å². The molecule has 0 saturated carbocycles. The number of piperidine rings is 1. The van der Waals surface area contributed by atoms with Gasteiger partial charge < -0.3 is 9.84 Å². The molecular formula is C9H16N4O3S. The van der Waals surface area contributed by atoms with Gasteiger partial charge in [0.25, 0.3) is 0 Å². The Balaban J connectivity index is 1.92. The highest BCUT2D eigenvalue weighted by Gasteiger charge is 2.27. The van der Waals surface area contributed by atoms with Crippen molar-refractivity contribution in [3.63, 3.8) is 0 Å². The summed E-state index contributed by atoms with van der Waals surface area (Å²) in [6.45, 7) is 3.12. The first kappa shape index (κ1) is 12.5. The lowest BCUT2D eigenvalue weighted by molar-refractivity contribution is 0.371. The number of sulfonamides is 1. The molecule has 96 valence electrons. The van der Waals surface area contributed by atoms with E-state index in [1.165, 1.54) is 0 Å². The topological polar surface area (TPSA) is 97.1 Å². The minimum Gasteiger partial charge on any atom is -0.338 e. The van der Waals surface area contributed by atoms with Crippen molar-refractivity contribution < 1.29 is 12.9 Å². The Bertz CT molecular complexity index is 464. The van der Waals surface area contributed by atoms with Crippen LogP contribution in [0.15, 0.2) is 4.52 Å². The van der Waals surface area contributed by atoms with Gasteiger partial charge in [-0.2, -0.15) is 4.98 Å². The van der Waals surface area contributed by atoms with Crippen LogP contribution in [0.5, 0.6) is 0 Å². The third-order valence-corrected chi connectivity index (χ3v) is 4.51. The van der Waals surface area contributed by atoms with E-state index in [1.54, 1.807) is 6.92 Å². The van der Waals surface area contributed by atoms with Gasteiger partial charge in [0.15, 0.2) is 5.82 Å². The fourth-order valence-electron chi connectivity index (χ4n) is 1.78. The summed E-state index contributed by atoms with van der Waals surface area (Å²) in [7, 11) is -3.31. The number of nitrogens with zero attached hydrogens (tertiary/aromatic N) is 2. The molecule has 1 aromatic rings. The van der Waals surface area contributed by atoms with Crippen molar-refractivity contribution in [2.24, 2.45) is 0 Å². The van der Waals surface area contributed by atoms with Gasteiger partial charge >= 0.3 is 0 Å². The van der Waals surface area contributed by atoms with Crippen LogP contribution < -0.4 is 10.0 Å². The Morgan fingerprint density at radius 2 is 2.41 bits per heavy atom. The summed E-state index contributed by atoms with van der Waals surface area (Å²) in [6.07, 6.45) is 1.57. The maximum Gasteiger partial charge on any atom is 0.241 e. The van der Waals surface area contributed by atoms with Crippen LogP contribution in [0.2, 0.25) is 0 Å². The van der Waals surface area contributed by atoms with Gasteiger partial charge in [-0.25, -0.2) is 13.1 Å². The van der Waals surface area contributed by atoms with Gasteiger partial charge in [-0.1, -0.05) is 5.16 Å². The van der Waals surface area contributed by atoms with Gasteiger partial charge in [0.1, 0.15) is 0 Å². The van der Waals surface area contributed by atoms with Crippen LogP contribution in [0.1, 0.15) is 24.6 Å². The zero-order valence-electron chi connectivity index (χ0n) is 9.64. The highest BCUT2D eigenvalue weighted by Crippen LogP contribution is 2.10. The molecule has 7 nitrogen and oxygen atoms in total. The van der Waals surface area contributed by atoms with E-state index in [-0.39, 0.29) is 17.7 Å². The molecule has 0 aliphatic carbocycles. The van der Waals surface area contributed by atoms with Crippen LogP contribution in [-0.4, -0.2) is 36.9 Å². The molecule has 8 heteroatoms. The second kappa shape index (κ2) is 5.11. The van der Waals surface area contributed by atoms with Crippen LogP contribution in [0.25, 0.3) is 0 Å². The molecular weight excluding hydrogens is 244 g/mol. The minimum atomic E-state index is -3.31. The van der Waals surface area contributed by atoms with E-state index in [1.807, 2.05) is 0 Å². The molecule has 0 spiro atoms. The molecule has 2 N–H and O–H groups in total. The minimum absolute atomic E-state index is 0.0552. The molecule has 0 aromatic carbocycles. The molecule has 2 rings (SSSR count). The van der Waals surface area contributed by atoms with Gasteiger partial charge in [-0.05, 0) is 26.3 Å². The maximum absolute atomic E-state index is 11.9. The van der Waals surface area contributed by atoms with Crippen molar-refractivity contribution in [3.05, 3.63) is 11.7 Å². The van der Waals surface area contributed by atoms with Crippen molar-refractivity contribution >= 4 is 10.0 Å². The van der Waals surface area contributed by atoms with Gasteiger partial charge in [-0.3, -0.25) is 0 Å². The van der Waals surface area contributed by atoms with Gasteiger partial charge in [-0.15, -0.1) is 0 Å². The third-order valence-electron chi connectivity index (χ3n) is 2.68. The van der Waals surface area contributed by atoms with E-state index < -0.39 is 10.0 Å². The predicted molar refractivity (Wildman–Crippen MR) is 60.7 cm³/mol. The Morgan fingerprint density at radius 3 is 3.00 bits per heavy atom. The molecule has 1 aliphatic heterocycles. The van der Waals surface area contributed by atoms with Crippen molar-refractivity contribution in [2.75, 3.05) is 13.1 Å². The lowest BCUT2D eigenvalue weighted by Crippen LogP contribution is -2.44. The average Bonchev–Trinajstić information content (AvgIpc) is 2.74. The Hall–Kier alpha value is -0.990. The van der Waals surface area contributed by atoms with E-state index in [0.717, 1.165) is 13.0 Å². The van der Waals surface area contributed by atoms with E-state index in [0.29, 0.717) is 18.8 Å². The Labute approximate surface area is 100 Å². The molecule has 0 bridgehead atoms. The molecule has 1 fully saturated rings. The zero-order chi connectivity index (χ0) is 12.3. The molecule has 1 aliphatic rings. The fraction of sp³-hybridized carbons (Fsp3) is 0.778. The third kappa shape index (κ3) is 3.24.